The molecule has 1 aliphatic rings. The summed E-state index contributed by atoms with van der Waals surface area (Å²) in [6, 6.07) is 0.0626. The molecule has 1 saturated heterocycles. The highest BCUT2D eigenvalue weighted by atomic mass is 35.5. The summed E-state index contributed by atoms with van der Waals surface area (Å²) >= 11 is 0. The Labute approximate surface area is 102 Å². The van der Waals surface area contributed by atoms with Gasteiger partial charge >= 0.3 is 5.97 Å². The summed E-state index contributed by atoms with van der Waals surface area (Å²) in [6.07, 6.45) is 1.88. The van der Waals surface area contributed by atoms with Crippen LogP contribution in [0.2, 0.25) is 0 Å². The molecule has 0 aliphatic carbocycles. The summed E-state index contributed by atoms with van der Waals surface area (Å²) < 4.78 is 27.5. The highest BCUT2D eigenvalue weighted by Gasteiger charge is 2.22. The molecular formula is C9H18ClNO4S. The van der Waals surface area contributed by atoms with Crippen molar-refractivity contribution in [3.05, 3.63) is 0 Å². The number of methoxy groups -OCH3 is 1. The van der Waals surface area contributed by atoms with Gasteiger partial charge in [0.05, 0.1) is 25.0 Å². The van der Waals surface area contributed by atoms with Crippen molar-refractivity contribution in [2.45, 2.75) is 25.3 Å². The van der Waals surface area contributed by atoms with E-state index in [2.05, 4.69) is 10.1 Å². The maximum atomic E-state index is 11.6. The van der Waals surface area contributed by atoms with Crippen molar-refractivity contribution >= 4 is 28.2 Å². The molecule has 1 rings (SSSR count). The molecule has 0 aromatic heterocycles. The van der Waals surface area contributed by atoms with E-state index in [1.165, 1.54) is 7.11 Å². The number of sulfone groups is 1. The Hall–Kier alpha value is -0.330. The van der Waals surface area contributed by atoms with Crippen LogP contribution in [0.5, 0.6) is 0 Å². The fourth-order valence-corrected chi connectivity index (χ4v) is 3.17. The lowest BCUT2D eigenvalue weighted by Gasteiger charge is -2.10. The highest BCUT2D eigenvalue weighted by Crippen LogP contribution is 2.08. The number of ether oxygens (including phenoxy) is 1. The minimum Gasteiger partial charge on any atom is -0.469 e. The summed E-state index contributed by atoms with van der Waals surface area (Å²) in [5.41, 5.74) is 0. The summed E-state index contributed by atoms with van der Waals surface area (Å²) in [7, 11) is -1.88. The topological polar surface area (TPSA) is 72.5 Å². The number of halogens is 1. The maximum absolute atomic E-state index is 11.6. The Balaban J connectivity index is 0.00000225. The van der Waals surface area contributed by atoms with Gasteiger partial charge < -0.3 is 10.1 Å². The molecule has 96 valence electrons. The Bertz CT molecular complexity index is 311. The van der Waals surface area contributed by atoms with Crippen molar-refractivity contribution in [1.82, 2.24) is 5.32 Å². The van der Waals surface area contributed by atoms with Gasteiger partial charge in [-0.2, -0.15) is 0 Å². The first-order valence-electron chi connectivity index (χ1n) is 5.04. The zero-order chi connectivity index (χ0) is 11.3. The number of carbonyl (C=O) groups excluding carboxylic acids is 1. The second-order valence-electron chi connectivity index (χ2n) is 3.73. The molecule has 1 unspecified atom stereocenters. The number of nitrogens with one attached hydrogen (secondary N) is 1. The minimum absolute atomic E-state index is 0. The number of esters is 1. The third-order valence-electron chi connectivity index (χ3n) is 2.46. The summed E-state index contributed by atoms with van der Waals surface area (Å²) in [5.74, 6) is -0.458. The zero-order valence-corrected chi connectivity index (χ0v) is 10.9. The lowest BCUT2D eigenvalue weighted by atomic mass is 10.3. The van der Waals surface area contributed by atoms with E-state index in [0.717, 1.165) is 19.4 Å². The van der Waals surface area contributed by atoms with Gasteiger partial charge in [0.15, 0.2) is 9.84 Å². The standard InChI is InChI=1S/C9H17NO4S.ClH/c1-14-9(11)4-6-15(12,13)7-8-3-2-5-10-8;/h8,10H,2-7H2,1H3;1H. The highest BCUT2D eigenvalue weighted by molar-refractivity contribution is 7.91. The second kappa shape index (κ2) is 7.09. The molecule has 0 spiro atoms. The molecule has 16 heavy (non-hydrogen) atoms. The summed E-state index contributed by atoms with van der Waals surface area (Å²) in [4.78, 5) is 10.8. The molecule has 0 amide bonds. The van der Waals surface area contributed by atoms with E-state index >= 15 is 0 Å². The van der Waals surface area contributed by atoms with Crippen LogP contribution in [0.4, 0.5) is 0 Å². The number of hydrogen-bond acceptors (Lipinski definition) is 5. The van der Waals surface area contributed by atoms with Crippen molar-refractivity contribution in [3.8, 4) is 0 Å². The molecule has 0 radical (unpaired) electrons. The zero-order valence-electron chi connectivity index (χ0n) is 9.27. The van der Waals surface area contributed by atoms with Crippen LogP contribution in [-0.2, 0) is 19.4 Å². The molecule has 1 aliphatic heterocycles. The van der Waals surface area contributed by atoms with E-state index in [4.69, 9.17) is 0 Å². The first kappa shape index (κ1) is 15.7. The van der Waals surface area contributed by atoms with Gasteiger partial charge in [-0.05, 0) is 19.4 Å². The molecule has 1 N–H and O–H groups in total. The van der Waals surface area contributed by atoms with Crippen molar-refractivity contribution in [2.75, 3.05) is 25.2 Å². The van der Waals surface area contributed by atoms with Crippen LogP contribution in [0.15, 0.2) is 0 Å². The molecule has 0 bridgehead atoms. The smallest absolute Gasteiger partial charge is 0.306 e. The molecule has 1 fully saturated rings. The Kier molecular flexibility index (Phi) is 6.94. The van der Waals surface area contributed by atoms with Crippen LogP contribution in [-0.4, -0.2) is 45.6 Å². The minimum atomic E-state index is -3.13. The quantitative estimate of drug-likeness (QED) is 0.720. The van der Waals surface area contributed by atoms with Gasteiger partial charge in [-0.15, -0.1) is 12.4 Å². The van der Waals surface area contributed by atoms with E-state index in [-0.39, 0.29) is 36.4 Å². The van der Waals surface area contributed by atoms with Crippen molar-refractivity contribution in [3.63, 3.8) is 0 Å². The van der Waals surface area contributed by atoms with Gasteiger partial charge in [-0.25, -0.2) is 8.42 Å². The van der Waals surface area contributed by atoms with Crippen LogP contribution in [0, 0.1) is 0 Å². The van der Waals surface area contributed by atoms with Gasteiger partial charge in [0.2, 0.25) is 0 Å². The van der Waals surface area contributed by atoms with Crippen molar-refractivity contribution < 1.29 is 17.9 Å². The first-order valence-corrected chi connectivity index (χ1v) is 6.86. The van der Waals surface area contributed by atoms with Crippen LogP contribution in [0.1, 0.15) is 19.3 Å². The van der Waals surface area contributed by atoms with Gasteiger partial charge in [0.1, 0.15) is 0 Å². The Morgan fingerprint density at radius 1 is 1.50 bits per heavy atom. The average Bonchev–Trinajstić information content (AvgIpc) is 2.66. The average molecular weight is 272 g/mol. The van der Waals surface area contributed by atoms with Crippen LogP contribution in [0.25, 0.3) is 0 Å². The fraction of sp³-hybridized carbons (Fsp3) is 0.889. The third kappa shape index (κ3) is 5.67. The predicted molar refractivity (Wildman–Crippen MR) is 63.6 cm³/mol. The lowest BCUT2D eigenvalue weighted by Crippen LogP contribution is -2.31. The molecule has 0 saturated carbocycles. The van der Waals surface area contributed by atoms with E-state index in [1.54, 1.807) is 0 Å². The summed E-state index contributed by atoms with van der Waals surface area (Å²) in [6.45, 7) is 0.886. The monoisotopic (exact) mass is 271 g/mol. The van der Waals surface area contributed by atoms with Crippen molar-refractivity contribution in [2.24, 2.45) is 0 Å². The van der Waals surface area contributed by atoms with E-state index in [0.29, 0.717) is 0 Å². The molecule has 0 aromatic rings. The molecule has 5 nitrogen and oxygen atoms in total. The molecule has 1 atom stereocenters. The molecule has 0 aromatic carbocycles. The lowest BCUT2D eigenvalue weighted by molar-refractivity contribution is -0.140. The SMILES string of the molecule is COC(=O)CCS(=O)(=O)CC1CCCN1.Cl. The molecule has 1 heterocycles. The van der Waals surface area contributed by atoms with Crippen molar-refractivity contribution in [1.29, 1.82) is 0 Å². The Morgan fingerprint density at radius 2 is 2.19 bits per heavy atom. The second-order valence-corrected chi connectivity index (χ2v) is 5.96. The third-order valence-corrected chi connectivity index (χ3v) is 4.20. The van der Waals surface area contributed by atoms with E-state index in [1.807, 2.05) is 0 Å². The molecule has 7 heteroatoms. The normalized spacial score (nSPS) is 20.2. The Morgan fingerprint density at radius 3 is 2.69 bits per heavy atom. The number of carbonyl (C=O) groups is 1. The van der Waals surface area contributed by atoms with Gasteiger partial charge in [-0.1, -0.05) is 0 Å². The van der Waals surface area contributed by atoms with Crippen LogP contribution >= 0.6 is 12.4 Å². The van der Waals surface area contributed by atoms with Crippen LogP contribution in [0.3, 0.4) is 0 Å². The van der Waals surface area contributed by atoms with Gasteiger partial charge in [0, 0.05) is 6.04 Å². The largest absolute Gasteiger partial charge is 0.469 e. The molecular weight excluding hydrogens is 254 g/mol. The van der Waals surface area contributed by atoms with Gasteiger partial charge in [-0.3, -0.25) is 4.79 Å². The van der Waals surface area contributed by atoms with E-state index in [9.17, 15) is 13.2 Å². The van der Waals surface area contributed by atoms with Gasteiger partial charge in [0.25, 0.3) is 0 Å². The van der Waals surface area contributed by atoms with Crippen LogP contribution < -0.4 is 5.32 Å². The maximum Gasteiger partial charge on any atom is 0.306 e. The fourth-order valence-electron chi connectivity index (χ4n) is 1.63. The summed E-state index contributed by atoms with van der Waals surface area (Å²) in [5, 5.41) is 3.12. The predicted octanol–water partition coefficient (Wildman–Crippen LogP) is 0.138. The first-order chi connectivity index (χ1) is 7.03. The number of rotatable bonds is 5. The van der Waals surface area contributed by atoms with E-state index < -0.39 is 15.8 Å². The number of hydrogen-bond donors (Lipinski definition) is 1.